The maximum atomic E-state index is 12.6. The summed E-state index contributed by atoms with van der Waals surface area (Å²) in [7, 11) is -4.17. The predicted molar refractivity (Wildman–Crippen MR) is 90.5 cm³/mol. The van der Waals surface area contributed by atoms with Crippen molar-refractivity contribution in [2.24, 2.45) is 0 Å². The number of nitrogens with two attached hydrogens (primary N) is 1. The third-order valence-corrected chi connectivity index (χ3v) is 5.02. The van der Waals surface area contributed by atoms with Crippen LogP contribution in [0.3, 0.4) is 0 Å². The number of nitrogen functional groups attached to an aromatic ring is 1. The SMILES string of the molecule is Cc1c(S(=O)(=O)Nc2cccc(N)c2)c(=O)oc2cc(O)ccc12. The van der Waals surface area contributed by atoms with E-state index in [4.69, 9.17) is 10.2 Å². The fraction of sp³-hybridized carbons (Fsp3) is 0.0625. The van der Waals surface area contributed by atoms with Gasteiger partial charge in [-0.05, 0) is 42.8 Å². The Hall–Kier alpha value is -3.00. The highest BCUT2D eigenvalue weighted by molar-refractivity contribution is 7.92. The van der Waals surface area contributed by atoms with Crippen molar-refractivity contribution in [3.8, 4) is 5.75 Å². The Balaban J connectivity index is 2.17. The summed E-state index contributed by atoms with van der Waals surface area (Å²) in [5.74, 6) is -0.0847. The second-order valence-electron chi connectivity index (χ2n) is 5.26. The molecule has 0 atom stereocenters. The molecule has 0 saturated carbocycles. The van der Waals surface area contributed by atoms with Gasteiger partial charge in [0.2, 0.25) is 0 Å². The zero-order valence-electron chi connectivity index (χ0n) is 12.6. The van der Waals surface area contributed by atoms with E-state index in [1.54, 1.807) is 12.1 Å². The van der Waals surface area contributed by atoms with Crippen LogP contribution >= 0.6 is 0 Å². The van der Waals surface area contributed by atoms with Crippen LogP contribution in [0.25, 0.3) is 11.0 Å². The van der Waals surface area contributed by atoms with E-state index in [0.29, 0.717) is 11.1 Å². The lowest BCUT2D eigenvalue weighted by atomic mass is 10.1. The van der Waals surface area contributed by atoms with E-state index < -0.39 is 20.5 Å². The normalized spacial score (nSPS) is 11.5. The summed E-state index contributed by atoms with van der Waals surface area (Å²) < 4.78 is 32.6. The van der Waals surface area contributed by atoms with Gasteiger partial charge in [0.15, 0.2) is 4.90 Å². The summed E-state index contributed by atoms with van der Waals surface area (Å²) in [6.07, 6.45) is 0. The summed E-state index contributed by atoms with van der Waals surface area (Å²) in [5.41, 5.74) is 5.58. The Morgan fingerprint density at radius 3 is 2.62 bits per heavy atom. The van der Waals surface area contributed by atoms with Crippen molar-refractivity contribution < 1.29 is 17.9 Å². The standard InChI is InChI=1S/C16H14N2O5S/c1-9-13-6-5-12(19)8-14(13)23-16(20)15(9)24(21,22)18-11-4-2-3-10(17)7-11/h2-8,18-19H,17H2,1H3. The van der Waals surface area contributed by atoms with Crippen molar-refractivity contribution in [2.75, 3.05) is 10.5 Å². The number of nitrogens with one attached hydrogen (secondary N) is 1. The molecule has 1 aromatic heterocycles. The highest BCUT2D eigenvalue weighted by Gasteiger charge is 2.25. The Kier molecular flexibility index (Phi) is 3.69. The molecule has 0 saturated heterocycles. The number of sulfonamides is 1. The van der Waals surface area contributed by atoms with E-state index in [1.165, 1.54) is 37.3 Å². The van der Waals surface area contributed by atoms with Gasteiger partial charge in [-0.2, -0.15) is 0 Å². The Bertz CT molecular complexity index is 1100. The number of benzene rings is 2. The molecule has 7 nitrogen and oxygen atoms in total. The van der Waals surface area contributed by atoms with Crippen LogP contribution in [0.2, 0.25) is 0 Å². The van der Waals surface area contributed by atoms with Crippen LogP contribution in [-0.4, -0.2) is 13.5 Å². The highest BCUT2D eigenvalue weighted by Crippen LogP contribution is 2.26. The number of phenolic OH excluding ortho intramolecular Hbond substituents is 1. The van der Waals surface area contributed by atoms with Crippen LogP contribution in [0, 0.1) is 6.92 Å². The zero-order valence-corrected chi connectivity index (χ0v) is 13.4. The number of fused-ring (bicyclic) bond motifs is 1. The van der Waals surface area contributed by atoms with Gasteiger partial charge in [0.05, 0.1) is 5.69 Å². The molecule has 0 spiro atoms. The van der Waals surface area contributed by atoms with E-state index in [0.717, 1.165) is 0 Å². The summed E-state index contributed by atoms with van der Waals surface area (Å²) in [6, 6.07) is 10.3. The fourth-order valence-corrected chi connectivity index (χ4v) is 3.76. The second-order valence-corrected chi connectivity index (χ2v) is 6.87. The minimum absolute atomic E-state index is 0.0847. The fourth-order valence-electron chi connectivity index (χ4n) is 2.45. The number of hydrogen-bond acceptors (Lipinski definition) is 6. The Morgan fingerprint density at radius 1 is 1.17 bits per heavy atom. The molecule has 0 amide bonds. The van der Waals surface area contributed by atoms with Gasteiger partial charge in [0.25, 0.3) is 10.0 Å². The third kappa shape index (κ3) is 2.79. The Labute approximate surface area is 137 Å². The largest absolute Gasteiger partial charge is 0.508 e. The molecule has 4 N–H and O–H groups in total. The van der Waals surface area contributed by atoms with Crippen LogP contribution in [0.1, 0.15) is 5.56 Å². The lowest BCUT2D eigenvalue weighted by molar-refractivity contribution is 0.472. The van der Waals surface area contributed by atoms with Crippen LogP contribution < -0.4 is 16.1 Å². The van der Waals surface area contributed by atoms with Gasteiger partial charge < -0.3 is 15.3 Å². The van der Waals surface area contributed by atoms with Gasteiger partial charge in [-0.15, -0.1) is 0 Å². The molecule has 24 heavy (non-hydrogen) atoms. The summed E-state index contributed by atoms with van der Waals surface area (Å²) in [6.45, 7) is 1.50. The molecule has 8 heteroatoms. The molecule has 0 bridgehead atoms. The molecule has 3 rings (SSSR count). The third-order valence-electron chi connectivity index (χ3n) is 3.51. The monoisotopic (exact) mass is 346 g/mol. The molecule has 3 aromatic rings. The molecular weight excluding hydrogens is 332 g/mol. The van der Waals surface area contributed by atoms with Crippen molar-refractivity contribution in [3.05, 3.63) is 58.4 Å². The molecule has 2 aromatic carbocycles. The van der Waals surface area contributed by atoms with Gasteiger partial charge in [0, 0.05) is 17.1 Å². The highest BCUT2D eigenvalue weighted by atomic mass is 32.2. The second kappa shape index (κ2) is 5.57. The lowest BCUT2D eigenvalue weighted by Gasteiger charge is -2.11. The number of anilines is 2. The molecule has 0 aliphatic rings. The predicted octanol–water partition coefficient (Wildman–Crippen LogP) is 2.19. The van der Waals surface area contributed by atoms with Crippen LogP contribution in [0.5, 0.6) is 5.75 Å². The van der Waals surface area contributed by atoms with Crippen molar-refractivity contribution >= 4 is 32.4 Å². The summed E-state index contributed by atoms with van der Waals surface area (Å²) in [5, 5.41) is 9.87. The first-order valence-corrected chi connectivity index (χ1v) is 8.41. The number of hydrogen-bond donors (Lipinski definition) is 3. The molecule has 0 radical (unpaired) electrons. The average molecular weight is 346 g/mol. The van der Waals surface area contributed by atoms with E-state index in [9.17, 15) is 18.3 Å². The molecule has 1 heterocycles. The molecule has 124 valence electrons. The molecule has 0 aliphatic carbocycles. The molecule has 0 aliphatic heterocycles. The first-order valence-electron chi connectivity index (χ1n) is 6.93. The van der Waals surface area contributed by atoms with Gasteiger partial charge in [-0.25, -0.2) is 13.2 Å². The first-order chi connectivity index (χ1) is 11.3. The number of rotatable bonds is 3. The number of aryl methyl sites for hydroxylation is 1. The molecular formula is C16H14N2O5S. The molecule has 0 unspecified atom stereocenters. The lowest BCUT2D eigenvalue weighted by Crippen LogP contribution is -2.22. The van der Waals surface area contributed by atoms with E-state index in [1.807, 2.05) is 0 Å². The molecule has 0 fully saturated rings. The van der Waals surface area contributed by atoms with Crippen molar-refractivity contribution in [2.45, 2.75) is 11.8 Å². The van der Waals surface area contributed by atoms with Gasteiger partial charge in [-0.3, -0.25) is 4.72 Å². The average Bonchev–Trinajstić information content (AvgIpc) is 2.45. The summed E-state index contributed by atoms with van der Waals surface area (Å²) in [4.78, 5) is 11.7. The quantitative estimate of drug-likeness (QED) is 0.493. The topological polar surface area (TPSA) is 123 Å². The maximum Gasteiger partial charge on any atom is 0.357 e. The van der Waals surface area contributed by atoms with E-state index in [2.05, 4.69) is 4.72 Å². The van der Waals surface area contributed by atoms with Gasteiger partial charge in [-0.1, -0.05) is 6.07 Å². The van der Waals surface area contributed by atoms with Crippen LogP contribution in [0.15, 0.2) is 56.6 Å². The van der Waals surface area contributed by atoms with Crippen molar-refractivity contribution in [3.63, 3.8) is 0 Å². The van der Waals surface area contributed by atoms with Crippen LogP contribution in [-0.2, 0) is 10.0 Å². The van der Waals surface area contributed by atoms with E-state index >= 15 is 0 Å². The van der Waals surface area contributed by atoms with E-state index in [-0.39, 0.29) is 22.6 Å². The van der Waals surface area contributed by atoms with Crippen molar-refractivity contribution in [1.82, 2.24) is 0 Å². The number of phenols is 1. The number of aromatic hydroxyl groups is 1. The minimum atomic E-state index is -4.17. The first kappa shape index (κ1) is 15.9. The van der Waals surface area contributed by atoms with Crippen molar-refractivity contribution in [1.29, 1.82) is 0 Å². The van der Waals surface area contributed by atoms with Gasteiger partial charge in [0.1, 0.15) is 11.3 Å². The zero-order chi connectivity index (χ0) is 17.5. The maximum absolute atomic E-state index is 12.6. The Morgan fingerprint density at radius 2 is 1.92 bits per heavy atom. The smallest absolute Gasteiger partial charge is 0.357 e. The minimum Gasteiger partial charge on any atom is -0.508 e. The van der Waals surface area contributed by atoms with Gasteiger partial charge >= 0.3 is 5.63 Å². The summed E-state index contributed by atoms with van der Waals surface area (Å²) >= 11 is 0. The van der Waals surface area contributed by atoms with Crippen LogP contribution in [0.4, 0.5) is 11.4 Å².